The van der Waals surface area contributed by atoms with E-state index in [4.69, 9.17) is 0 Å². The Hall–Kier alpha value is -0.0800. The Morgan fingerprint density at radius 3 is 3.00 bits per heavy atom. The van der Waals surface area contributed by atoms with Crippen molar-refractivity contribution in [1.82, 2.24) is 0 Å². The first-order valence-corrected chi connectivity index (χ1v) is 5.61. The number of alkyl halides is 1. The van der Waals surface area contributed by atoms with Gasteiger partial charge in [0.1, 0.15) is 0 Å². The highest BCUT2D eigenvalue weighted by Crippen LogP contribution is 2.17. The highest BCUT2D eigenvalue weighted by Gasteiger charge is 1.92. The lowest BCUT2D eigenvalue weighted by atomic mass is 10.2. The summed E-state index contributed by atoms with van der Waals surface area (Å²) in [7, 11) is 0. The fourth-order valence-corrected chi connectivity index (χ4v) is 1.92. The molecule has 0 aliphatic rings. The third-order valence-corrected chi connectivity index (χ3v) is 2.89. The van der Waals surface area contributed by atoms with Gasteiger partial charge in [0.05, 0.1) is 0 Å². The lowest BCUT2D eigenvalue weighted by Crippen LogP contribution is -1.68. The molecular formula is C9H11BrS. The Kier molecular flexibility index (Phi) is 3.87. The van der Waals surface area contributed by atoms with Crippen LogP contribution in [0.25, 0.3) is 6.08 Å². The Balaban J connectivity index is 2.56. The van der Waals surface area contributed by atoms with Crippen molar-refractivity contribution in [3.05, 3.63) is 28.0 Å². The molecule has 1 aromatic rings. The van der Waals surface area contributed by atoms with Gasteiger partial charge in [-0.3, -0.25) is 0 Å². The van der Waals surface area contributed by atoms with E-state index in [0.717, 1.165) is 11.8 Å². The van der Waals surface area contributed by atoms with Crippen molar-refractivity contribution in [1.29, 1.82) is 0 Å². The largest absolute Gasteiger partial charge is 0.144 e. The highest BCUT2D eigenvalue weighted by atomic mass is 79.9. The van der Waals surface area contributed by atoms with Crippen molar-refractivity contribution in [2.24, 2.45) is 0 Å². The molecule has 0 aromatic carbocycles. The molecule has 1 heterocycles. The van der Waals surface area contributed by atoms with Crippen LogP contribution in [0.2, 0.25) is 0 Å². The molecular weight excluding hydrogens is 220 g/mol. The van der Waals surface area contributed by atoms with Gasteiger partial charge in [-0.05, 0) is 36.4 Å². The third kappa shape index (κ3) is 2.80. The molecule has 0 radical (unpaired) electrons. The Morgan fingerprint density at radius 2 is 2.45 bits per heavy atom. The summed E-state index contributed by atoms with van der Waals surface area (Å²) in [4.78, 5) is 1.38. The molecule has 0 amide bonds. The van der Waals surface area contributed by atoms with Crippen LogP contribution in [0.15, 0.2) is 17.5 Å². The summed E-state index contributed by atoms with van der Waals surface area (Å²) < 4.78 is 0. The summed E-state index contributed by atoms with van der Waals surface area (Å²) in [5.41, 5.74) is 1.38. The van der Waals surface area contributed by atoms with E-state index in [1.54, 1.807) is 11.3 Å². The van der Waals surface area contributed by atoms with E-state index in [-0.39, 0.29) is 0 Å². The van der Waals surface area contributed by atoms with Crippen molar-refractivity contribution in [3.8, 4) is 0 Å². The SMILES string of the molecule is Cc1ccsc1/C=C/CCBr. The second-order valence-corrected chi connectivity index (χ2v) is 4.09. The molecule has 11 heavy (non-hydrogen) atoms. The van der Waals surface area contributed by atoms with Crippen molar-refractivity contribution < 1.29 is 0 Å². The monoisotopic (exact) mass is 230 g/mol. The summed E-state index contributed by atoms with van der Waals surface area (Å²) in [6, 6.07) is 2.15. The van der Waals surface area contributed by atoms with Gasteiger partial charge in [-0.1, -0.05) is 22.0 Å². The lowest BCUT2D eigenvalue weighted by molar-refractivity contribution is 1.27. The molecule has 0 fully saturated rings. The zero-order valence-corrected chi connectivity index (χ0v) is 8.91. The zero-order valence-electron chi connectivity index (χ0n) is 6.51. The van der Waals surface area contributed by atoms with Crippen LogP contribution in [0, 0.1) is 6.92 Å². The number of hydrogen-bond donors (Lipinski definition) is 0. The molecule has 0 aliphatic carbocycles. The second kappa shape index (κ2) is 4.73. The third-order valence-electron chi connectivity index (χ3n) is 1.45. The highest BCUT2D eigenvalue weighted by molar-refractivity contribution is 9.09. The van der Waals surface area contributed by atoms with E-state index in [1.165, 1.54) is 10.4 Å². The molecule has 1 aromatic heterocycles. The van der Waals surface area contributed by atoms with Crippen LogP contribution in [-0.2, 0) is 0 Å². The minimum atomic E-state index is 1.05. The molecule has 0 N–H and O–H groups in total. The van der Waals surface area contributed by atoms with Gasteiger partial charge in [0.2, 0.25) is 0 Å². The zero-order chi connectivity index (χ0) is 8.10. The van der Waals surface area contributed by atoms with Gasteiger partial charge in [0.15, 0.2) is 0 Å². The standard InChI is InChI=1S/C9H11BrS/c1-8-5-7-11-9(8)4-2-3-6-10/h2,4-5,7H,3,6H2,1H3/b4-2+. The van der Waals surface area contributed by atoms with Crippen LogP contribution in [0.3, 0.4) is 0 Å². The molecule has 0 aliphatic heterocycles. The van der Waals surface area contributed by atoms with E-state index < -0.39 is 0 Å². The minimum Gasteiger partial charge on any atom is -0.144 e. The Morgan fingerprint density at radius 1 is 1.64 bits per heavy atom. The average Bonchev–Trinajstić information content (AvgIpc) is 2.37. The number of rotatable bonds is 3. The summed E-state index contributed by atoms with van der Waals surface area (Å²) in [6.07, 6.45) is 5.51. The minimum absolute atomic E-state index is 1.05. The van der Waals surface area contributed by atoms with Crippen LogP contribution in [0.5, 0.6) is 0 Å². The van der Waals surface area contributed by atoms with E-state index in [2.05, 4.69) is 46.5 Å². The fourth-order valence-electron chi connectivity index (χ4n) is 0.809. The number of aryl methyl sites for hydroxylation is 1. The first-order chi connectivity index (χ1) is 5.34. The number of halogens is 1. The van der Waals surface area contributed by atoms with Gasteiger partial charge < -0.3 is 0 Å². The van der Waals surface area contributed by atoms with Gasteiger partial charge in [0.25, 0.3) is 0 Å². The topological polar surface area (TPSA) is 0 Å². The van der Waals surface area contributed by atoms with E-state index >= 15 is 0 Å². The van der Waals surface area contributed by atoms with Crippen LogP contribution in [0.4, 0.5) is 0 Å². The number of allylic oxidation sites excluding steroid dienone is 1. The molecule has 0 nitrogen and oxygen atoms in total. The smallest absolute Gasteiger partial charge is 0.0296 e. The normalized spacial score (nSPS) is 11.1. The molecule has 0 bridgehead atoms. The van der Waals surface area contributed by atoms with Crippen LogP contribution < -0.4 is 0 Å². The molecule has 0 saturated heterocycles. The molecule has 0 saturated carbocycles. The van der Waals surface area contributed by atoms with Gasteiger partial charge in [-0.25, -0.2) is 0 Å². The Bertz CT molecular complexity index is 237. The summed E-state index contributed by atoms with van der Waals surface area (Å²) >= 11 is 5.18. The van der Waals surface area contributed by atoms with Crippen molar-refractivity contribution in [3.63, 3.8) is 0 Å². The molecule has 0 spiro atoms. The maximum Gasteiger partial charge on any atom is 0.0296 e. The predicted octanol–water partition coefficient (Wildman–Crippen LogP) is 3.85. The molecule has 60 valence electrons. The van der Waals surface area contributed by atoms with Gasteiger partial charge in [-0.2, -0.15) is 0 Å². The average molecular weight is 231 g/mol. The molecule has 2 heteroatoms. The fraction of sp³-hybridized carbons (Fsp3) is 0.333. The van der Waals surface area contributed by atoms with Gasteiger partial charge >= 0.3 is 0 Å². The van der Waals surface area contributed by atoms with Crippen molar-refractivity contribution in [2.45, 2.75) is 13.3 Å². The first kappa shape index (κ1) is 9.01. The van der Waals surface area contributed by atoms with Crippen molar-refractivity contribution >= 4 is 33.3 Å². The molecule has 0 atom stereocenters. The van der Waals surface area contributed by atoms with Gasteiger partial charge in [0, 0.05) is 10.2 Å². The second-order valence-electron chi connectivity index (χ2n) is 2.35. The maximum atomic E-state index is 3.38. The van der Waals surface area contributed by atoms with Crippen LogP contribution >= 0.6 is 27.3 Å². The van der Waals surface area contributed by atoms with Crippen molar-refractivity contribution in [2.75, 3.05) is 5.33 Å². The van der Waals surface area contributed by atoms with Gasteiger partial charge in [-0.15, -0.1) is 11.3 Å². The quantitative estimate of drug-likeness (QED) is 0.693. The summed E-state index contributed by atoms with van der Waals surface area (Å²) in [5, 5.41) is 3.18. The lowest BCUT2D eigenvalue weighted by Gasteiger charge is -1.87. The summed E-state index contributed by atoms with van der Waals surface area (Å²) in [6.45, 7) is 2.14. The number of hydrogen-bond acceptors (Lipinski definition) is 1. The number of thiophene rings is 1. The molecule has 0 unspecified atom stereocenters. The first-order valence-electron chi connectivity index (χ1n) is 3.61. The van der Waals surface area contributed by atoms with E-state index in [9.17, 15) is 0 Å². The van der Waals surface area contributed by atoms with E-state index in [0.29, 0.717) is 0 Å². The van der Waals surface area contributed by atoms with Crippen LogP contribution in [-0.4, -0.2) is 5.33 Å². The summed E-state index contributed by atoms with van der Waals surface area (Å²) in [5.74, 6) is 0. The maximum absolute atomic E-state index is 3.38. The van der Waals surface area contributed by atoms with E-state index in [1.807, 2.05) is 0 Å². The molecule has 1 rings (SSSR count). The Labute approximate surface area is 80.1 Å². The predicted molar refractivity (Wildman–Crippen MR) is 56.5 cm³/mol. The van der Waals surface area contributed by atoms with Crippen LogP contribution in [0.1, 0.15) is 16.9 Å².